The van der Waals surface area contributed by atoms with E-state index in [9.17, 15) is 0 Å². The summed E-state index contributed by atoms with van der Waals surface area (Å²) in [5.41, 5.74) is 4.92. The van der Waals surface area contributed by atoms with Crippen molar-refractivity contribution in [2.75, 3.05) is 0 Å². The summed E-state index contributed by atoms with van der Waals surface area (Å²) in [4.78, 5) is 0. The van der Waals surface area contributed by atoms with Gasteiger partial charge in [-0.15, -0.1) is 0 Å². The van der Waals surface area contributed by atoms with Crippen LogP contribution < -0.4 is 0 Å². The van der Waals surface area contributed by atoms with Crippen LogP contribution in [0.1, 0.15) is 22.4 Å². The monoisotopic (exact) mass is 259 g/mol. The molecule has 0 amide bonds. The number of hydrogen-bond donors (Lipinski definition) is 0. The van der Waals surface area contributed by atoms with E-state index in [2.05, 4.69) is 24.2 Å². The Kier molecular flexibility index (Phi) is 3.40. The number of aromatic nitrogens is 2. The average Bonchev–Trinajstić information content (AvgIpc) is 2.61. The van der Waals surface area contributed by atoms with E-state index in [0.717, 1.165) is 22.5 Å². The zero-order valence-electron chi connectivity index (χ0n) is 10.7. The molecular formula is C14H14ClN3. The summed E-state index contributed by atoms with van der Waals surface area (Å²) in [6.07, 6.45) is 0.287. The molecular weight excluding hydrogens is 246 g/mol. The average molecular weight is 260 g/mol. The summed E-state index contributed by atoms with van der Waals surface area (Å²) in [5.74, 6) is 0. The van der Waals surface area contributed by atoms with Crippen LogP contribution in [0.3, 0.4) is 0 Å². The second-order valence-electron chi connectivity index (χ2n) is 4.32. The third-order valence-electron chi connectivity index (χ3n) is 3.18. The Balaban J connectivity index is 2.62. The molecule has 0 bridgehead atoms. The number of nitrogens with zero attached hydrogens (tertiary/aromatic N) is 3. The van der Waals surface area contributed by atoms with Crippen LogP contribution in [-0.2, 0) is 6.42 Å². The van der Waals surface area contributed by atoms with Gasteiger partial charge in [0, 0.05) is 5.56 Å². The first-order valence-electron chi connectivity index (χ1n) is 5.73. The molecule has 92 valence electrons. The van der Waals surface area contributed by atoms with Crippen LogP contribution in [0.4, 0.5) is 0 Å². The Bertz CT molecular complexity index is 635. The highest BCUT2D eigenvalue weighted by molar-refractivity contribution is 6.30. The summed E-state index contributed by atoms with van der Waals surface area (Å²) >= 11 is 6.32. The lowest BCUT2D eigenvalue weighted by Gasteiger charge is -2.09. The van der Waals surface area contributed by atoms with Gasteiger partial charge in [0.15, 0.2) is 0 Å². The summed E-state index contributed by atoms with van der Waals surface area (Å²) in [7, 11) is 0. The Hall–Kier alpha value is -1.79. The summed E-state index contributed by atoms with van der Waals surface area (Å²) in [6.45, 7) is 5.97. The van der Waals surface area contributed by atoms with E-state index in [1.165, 1.54) is 5.56 Å². The van der Waals surface area contributed by atoms with Crippen molar-refractivity contribution in [2.45, 2.75) is 27.2 Å². The number of aryl methyl sites for hydroxylation is 2. The van der Waals surface area contributed by atoms with Crippen molar-refractivity contribution >= 4 is 11.6 Å². The largest absolute Gasteiger partial charge is 0.221 e. The van der Waals surface area contributed by atoms with Gasteiger partial charge in [0.2, 0.25) is 0 Å². The molecule has 0 radical (unpaired) electrons. The first-order valence-corrected chi connectivity index (χ1v) is 6.11. The zero-order chi connectivity index (χ0) is 13.3. The molecule has 0 aliphatic carbocycles. The van der Waals surface area contributed by atoms with Crippen LogP contribution in [0.2, 0.25) is 5.15 Å². The number of nitriles is 1. The minimum absolute atomic E-state index is 0.287. The maximum absolute atomic E-state index is 8.80. The first kappa shape index (κ1) is 12.7. The van der Waals surface area contributed by atoms with Crippen molar-refractivity contribution in [3.8, 4) is 11.8 Å². The molecule has 0 unspecified atom stereocenters. The van der Waals surface area contributed by atoms with Gasteiger partial charge in [-0.25, -0.2) is 4.68 Å². The Morgan fingerprint density at radius 1 is 1.33 bits per heavy atom. The normalized spacial score (nSPS) is 10.4. The quantitative estimate of drug-likeness (QED) is 0.828. The van der Waals surface area contributed by atoms with Crippen LogP contribution in [-0.4, -0.2) is 9.78 Å². The maximum Gasteiger partial charge on any atom is 0.137 e. The highest BCUT2D eigenvalue weighted by Crippen LogP contribution is 2.26. The molecule has 2 rings (SSSR count). The molecule has 0 saturated carbocycles. The van der Waals surface area contributed by atoms with Gasteiger partial charge in [0.05, 0.1) is 23.9 Å². The predicted molar refractivity (Wildman–Crippen MR) is 72.1 cm³/mol. The minimum Gasteiger partial charge on any atom is -0.221 e. The Labute approximate surface area is 112 Å². The van der Waals surface area contributed by atoms with Crippen LogP contribution in [0.15, 0.2) is 18.2 Å². The van der Waals surface area contributed by atoms with Crippen molar-refractivity contribution in [1.29, 1.82) is 5.26 Å². The second kappa shape index (κ2) is 4.83. The fraction of sp³-hybridized carbons (Fsp3) is 0.286. The molecule has 4 heteroatoms. The van der Waals surface area contributed by atoms with Gasteiger partial charge in [-0.2, -0.15) is 10.4 Å². The lowest BCUT2D eigenvalue weighted by atomic mass is 10.1. The van der Waals surface area contributed by atoms with Gasteiger partial charge in [0.25, 0.3) is 0 Å². The second-order valence-corrected chi connectivity index (χ2v) is 4.68. The van der Waals surface area contributed by atoms with Crippen molar-refractivity contribution in [2.24, 2.45) is 0 Å². The lowest BCUT2D eigenvalue weighted by molar-refractivity contribution is 0.854. The van der Waals surface area contributed by atoms with E-state index in [-0.39, 0.29) is 6.42 Å². The summed E-state index contributed by atoms with van der Waals surface area (Å²) < 4.78 is 1.71. The highest BCUT2D eigenvalue weighted by atomic mass is 35.5. The fourth-order valence-electron chi connectivity index (χ4n) is 1.94. The van der Waals surface area contributed by atoms with Gasteiger partial charge in [-0.3, -0.25) is 0 Å². The van der Waals surface area contributed by atoms with Gasteiger partial charge >= 0.3 is 0 Å². The van der Waals surface area contributed by atoms with E-state index in [1.54, 1.807) is 4.68 Å². The van der Waals surface area contributed by atoms with Crippen LogP contribution >= 0.6 is 11.6 Å². The molecule has 1 aromatic carbocycles. The third-order valence-corrected chi connectivity index (χ3v) is 3.57. The number of hydrogen-bond acceptors (Lipinski definition) is 2. The molecule has 0 aliphatic heterocycles. The number of rotatable bonds is 2. The highest BCUT2D eigenvalue weighted by Gasteiger charge is 2.15. The van der Waals surface area contributed by atoms with E-state index in [4.69, 9.17) is 16.9 Å². The summed E-state index contributed by atoms with van der Waals surface area (Å²) in [6, 6.07) is 8.14. The first-order chi connectivity index (χ1) is 8.56. The molecule has 0 aliphatic rings. The van der Waals surface area contributed by atoms with E-state index < -0.39 is 0 Å². The van der Waals surface area contributed by atoms with Crippen LogP contribution in [0.5, 0.6) is 0 Å². The fourth-order valence-corrected chi connectivity index (χ4v) is 2.27. The van der Waals surface area contributed by atoms with Gasteiger partial charge in [0.1, 0.15) is 5.15 Å². The van der Waals surface area contributed by atoms with Gasteiger partial charge in [-0.1, -0.05) is 23.7 Å². The summed E-state index contributed by atoms with van der Waals surface area (Å²) in [5, 5.41) is 13.8. The molecule has 0 N–H and O–H groups in total. The van der Waals surface area contributed by atoms with Crippen LogP contribution in [0, 0.1) is 32.1 Å². The molecule has 0 atom stereocenters. The minimum atomic E-state index is 0.287. The third kappa shape index (κ3) is 2.00. The van der Waals surface area contributed by atoms with Crippen molar-refractivity contribution in [1.82, 2.24) is 9.78 Å². The van der Waals surface area contributed by atoms with Gasteiger partial charge in [-0.05, 0) is 38.0 Å². The smallest absolute Gasteiger partial charge is 0.137 e. The molecule has 2 aromatic rings. The molecule has 18 heavy (non-hydrogen) atoms. The Morgan fingerprint density at radius 2 is 2.06 bits per heavy atom. The molecule has 0 saturated heterocycles. The Morgan fingerprint density at radius 3 is 2.72 bits per heavy atom. The lowest BCUT2D eigenvalue weighted by Crippen LogP contribution is -2.00. The topological polar surface area (TPSA) is 41.6 Å². The molecule has 1 heterocycles. The predicted octanol–water partition coefficient (Wildman–Crippen LogP) is 3.52. The number of benzene rings is 1. The molecule has 3 nitrogen and oxygen atoms in total. The van der Waals surface area contributed by atoms with Crippen molar-refractivity contribution < 1.29 is 0 Å². The standard InChI is InChI=1S/C14H14ClN3/c1-9-5-4-6-13(10(9)2)18-14(15)12(7-8-16)11(3)17-18/h4-6H,7H2,1-3H3. The van der Waals surface area contributed by atoms with Crippen LogP contribution in [0.25, 0.3) is 5.69 Å². The molecule has 1 aromatic heterocycles. The van der Waals surface area contributed by atoms with E-state index in [0.29, 0.717) is 5.15 Å². The van der Waals surface area contributed by atoms with Gasteiger partial charge < -0.3 is 0 Å². The van der Waals surface area contributed by atoms with Crippen molar-refractivity contribution in [3.05, 3.63) is 45.7 Å². The zero-order valence-corrected chi connectivity index (χ0v) is 11.4. The molecule has 0 spiro atoms. The molecule has 0 fully saturated rings. The maximum atomic E-state index is 8.80. The number of halogens is 1. The van der Waals surface area contributed by atoms with E-state index >= 15 is 0 Å². The van der Waals surface area contributed by atoms with Crippen molar-refractivity contribution in [3.63, 3.8) is 0 Å². The van der Waals surface area contributed by atoms with E-state index in [1.807, 2.05) is 26.0 Å². The SMILES string of the molecule is Cc1cccc(-n2nc(C)c(CC#N)c2Cl)c1C.